The van der Waals surface area contributed by atoms with Gasteiger partial charge in [-0.2, -0.15) is 0 Å². The van der Waals surface area contributed by atoms with Gasteiger partial charge < -0.3 is 15.3 Å². The van der Waals surface area contributed by atoms with Crippen molar-refractivity contribution in [3.63, 3.8) is 0 Å². The number of aliphatic hydroxyl groups excluding tert-OH is 2. The molecule has 1 aromatic rings. The summed E-state index contributed by atoms with van der Waals surface area (Å²) in [7, 11) is 0. The van der Waals surface area contributed by atoms with Gasteiger partial charge in [-0.3, -0.25) is 4.99 Å². The molecule has 0 radical (unpaired) electrons. The van der Waals surface area contributed by atoms with Gasteiger partial charge in [0.2, 0.25) is 0 Å². The van der Waals surface area contributed by atoms with Crippen LogP contribution in [0.15, 0.2) is 15.0 Å². The monoisotopic (exact) mass is 399 g/mol. The smallest absolute Gasteiger partial charge is 0.341 e. The molecule has 126 valence electrons. The van der Waals surface area contributed by atoms with E-state index in [9.17, 15) is 32.6 Å². The van der Waals surface area contributed by atoms with Gasteiger partial charge >= 0.3 is 5.97 Å². The van der Waals surface area contributed by atoms with Crippen molar-refractivity contribution in [2.45, 2.75) is 19.6 Å². The normalized spacial score (nSPS) is 14.0. The lowest BCUT2D eigenvalue weighted by Gasteiger charge is -2.10. The lowest BCUT2D eigenvalue weighted by Crippen LogP contribution is -2.12. The number of aliphatic carboxylic acids is 1. The van der Waals surface area contributed by atoms with Gasteiger partial charge in [-0.25, -0.2) is 22.4 Å². The number of halogens is 5. The van der Waals surface area contributed by atoms with E-state index in [-0.39, 0.29) is 6.42 Å². The van der Waals surface area contributed by atoms with Gasteiger partial charge in [0.1, 0.15) is 17.6 Å². The van der Waals surface area contributed by atoms with Crippen molar-refractivity contribution in [2.24, 2.45) is 4.99 Å². The van der Waals surface area contributed by atoms with Gasteiger partial charge in [0.15, 0.2) is 23.3 Å². The van der Waals surface area contributed by atoms with Crippen LogP contribution in [0, 0.1) is 23.3 Å². The molecule has 0 aliphatic carbocycles. The molecule has 0 heterocycles. The Bertz CT molecular complexity index is 677. The molecule has 0 fully saturated rings. The largest absolute Gasteiger partial charge is 0.506 e. The van der Waals surface area contributed by atoms with E-state index in [0.717, 1.165) is 0 Å². The van der Waals surface area contributed by atoms with Crippen molar-refractivity contribution in [2.75, 3.05) is 0 Å². The number of carboxylic acid groups (broad SMARTS) is 1. The number of carbonyl (C=O) groups is 1. The highest BCUT2D eigenvalue weighted by Crippen LogP contribution is 2.32. The maximum Gasteiger partial charge on any atom is 0.341 e. The van der Waals surface area contributed by atoms with Gasteiger partial charge in [-0.1, -0.05) is 6.92 Å². The highest BCUT2D eigenvalue weighted by molar-refractivity contribution is 9.10. The third kappa shape index (κ3) is 3.88. The highest BCUT2D eigenvalue weighted by Gasteiger charge is 2.29. The number of aliphatic imine (C=N–C) groups is 1. The molecule has 1 rings (SSSR count). The van der Waals surface area contributed by atoms with Gasteiger partial charge in [0.25, 0.3) is 0 Å². The van der Waals surface area contributed by atoms with E-state index < -0.39 is 56.8 Å². The predicted octanol–water partition coefficient (Wildman–Crippen LogP) is 3.16. The van der Waals surface area contributed by atoms with Gasteiger partial charge in [-0.05, 0) is 22.4 Å². The first-order valence-electron chi connectivity index (χ1n) is 6.02. The third-order valence-corrected chi connectivity index (χ3v) is 3.37. The van der Waals surface area contributed by atoms with Crippen LogP contribution in [-0.4, -0.2) is 33.7 Å². The maximum atomic E-state index is 13.7. The molecule has 5 nitrogen and oxygen atoms in total. The summed E-state index contributed by atoms with van der Waals surface area (Å²) in [5.41, 5.74) is -2.76. The molecule has 0 aromatic heterocycles. The molecule has 1 atom stereocenters. The second-order valence-corrected chi connectivity index (χ2v) is 4.97. The lowest BCUT2D eigenvalue weighted by molar-refractivity contribution is -0.132. The summed E-state index contributed by atoms with van der Waals surface area (Å²) in [5, 5.41) is 27.9. The molecular formula is C13H10BrF4NO4. The van der Waals surface area contributed by atoms with Gasteiger partial charge in [0.05, 0.1) is 10.0 Å². The van der Waals surface area contributed by atoms with Crippen LogP contribution in [0.5, 0.6) is 0 Å². The Kier molecular flexibility index (Phi) is 6.28. The first-order valence-corrected chi connectivity index (χ1v) is 6.82. The van der Waals surface area contributed by atoms with E-state index in [0.29, 0.717) is 6.21 Å². The molecule has 0 amide bonds. The zero-order valence-corrected chi connectivity index (χ0v) is 13.0. The van der Waals surface area contributed by atoms with Crippen LogP contribution < -0.4 is 0 Å². The minimum atomic E-state index is -1.99. The summed E-state index contributed by atoms with van der Waals surface area (Å²) >= 11 is 2.29. The molecule has 10 heteroatoms. The number of aliphatic hydroxyl groups is 2. The van der Waals surface area contributed by atoms with Crippen LogP contribution in [0.1, 0.15) is 18.9 Å². The number of hydrogen-bond acceptors (Lipinski definition) is 4. The van der Waals surface area contributed by atoms with E-state index in [1.54, 1.807) is 0 Å². The van der Waals surface area contributed by atoms with Crippen LogP contribution in [0.4, 0.5) is 17.6 Å². The molecule has 3 N–H and O–H groups in total. The molecule has 0 bridgehead atoms. The molecule has 0 aliphatic rings. The van der Waals surface area contributed by atoms with Crippen LogP contribution in [0.3, 0.4) is 0 Å². The first-order chi connectivity index (χ1) is 10.6. The van der Waals surface area contributed by atoms with Crippen molar-refractivity contribution in [1.82, 2.24) is 0 Å². The van der Waals surface area contributed by atoms with Crippen molar-refractivity contribution in [1.29, 1.82) is 0 Å². The number of rotatable bonds is 5. The Morgan fingerprint density at radius 3 is 2.04 bits per heavy atom. The second-order valence-electron chi connectivity index (χ2n) is 4.18. The van der Waals surface area contributed by atoms with Crippen molar-refractivity contribution >= 4 is 33.9 Å². The second kappa shape index (κ2) is 7.55. The number of carboxylic acids is 1. The van der Waals surface area contributed by atoms with E-state index in [4.69, 9.17) is 5.11 Å². The molecule has 0 saturated carbocycles. The number of nitrogens with zero attached hydrogens (tertiary/aromatic N) is 1. The number of hydrogen-bond donors (Lipinski definition) is 3. The van der Waals surface area contributed by atoms with Crippen LogP contribution in [0.2, 0.25) is 0 Å². The van der Waals surface area contributed by atoms with Crippen molar-refractivity contribution < 1.29 is 37.7 Å². The Labute approximate surface area is 135 Å². The average Bonchev–Trinajstić information content (AvgIpc) is 2.50. The Morgan fingerprint density at radius 2 is 1.65 bits per heavy atom. The zero-order valence-electron chi connectivity index (χ0n) is 11.4. The Balaban J connectivity index is 3.65. The van der Waals surface area contributed by atoms with Crippen LogP contribution >= 0.6 is 15.9 Å². The fraction of sp³-hybridized carbons (Fsp3) is 0.231. The molecule has 0 saturated heterocycles. The summed E-state index contributed by atoms with van der Waals surface area (Å²) in [4.78, 5) is 14.4. The van der Waals surface area contributed by atoms with E-state index in [1.165, 1.54) is 6.92 Å². The molecule has 1 unspecified atom stereocenters. The summed E-state index contributed by atoms with van der Waals surface area (Å²) < 4.78 is 53.2. The highest BCUT2D eigenvalue weighted by atomic mass is 79.9. The topological polar surface area (TPSA) is 90.1 Å². The fourth-order valence-corrected chi connectivity index (χ4v) is 1.78. The minimum absolute atomic E-state index is 0.0917. The zero-order chi connectivity index (χ0) is 17.9. The average molecular weight is 400 g/mol. The van der Waals surface area contributed by atoms with Gasteiger partial charge in [-0.15, -0.1) is 0 Å². The van der Waals surface area contributed by atoms with Gasteiger partial charge in [0, 0.05) is 6.21 Å². The predicted molar refractivity (Wildman–Crippen MR) is 75.9 cm³/mol. The standard InChI is InChI=1S/C13H10BrF4NO4/c1-2-5(20)19-3-4(13(22)23)12(21)6-8(15)10(17)7(14)11(18)9(6)16/h3,5,20-21H,2H2,1H3,(H,22,23). The van der Waals surface area contributed by atoms with E-state index in [1.807, 2.05) is 0 Å². The van der Waals surface area contributed by atoms with E-state index in [2.05, 4.69) is 20.9 Å². The number of benzene rings is 1. The maximum absolute atomic E-state index is 13.7. The molecular weight excluding hydrogens is 390 g/mol. The quantitative estimate of drug-likeness (QED) is 0.177. The minimum Gasteiger partial charge on any atom is -0.506 e. The first kappa shape index (κ1) is 19.1. The Hall–Kier alpha value is -1.94. The summed E-state index contributed by atoms with van der Waals surface area (Å²) in [6.45, 7) is 1.50. The van der Waals surface area contributed by atoms with Crippen LogP contribution in [-0.2, 0) is 4.79 Å². The molecule has 23 heavy (non-hydrogen) atoms. The Morgan fingerprint density at radius 1 is 1.17 bits per heavy atom. The summed E-state index contributed by atoms with van der Waals surface area (Å²) in [6.07, 6.45) is -0.804. The van der Waals surface area contributed by atoms with Crippen molar-refractivity contribution in [3.8, 4) is 0 Å². The van der Waals surface area contributed by atoms with E-state index >= 15 is 0 Å². The molecule has 0 aliphatic heterocycles. The third-order valence-electron chi connectivity index (χ3n) is 2.67. The van der Waals surface area contributed by atoms with Crippen LogP contribution in [0.25, 0.3) is 5.76 Å². The lowest BCUT2D eigenvalue weighted by atomic mass is 10.1. The molecule has 1 aromatic carbocycles. The SMILES string of the molecule is CCC(O)N=CC(C(=O)O)=C(O)c1c(F)c(F)c(Br)c(F)c1F. The van der Waals surface area contributed by atoms with Crippen molar-refractivity contribution in [3.05, 3.63) is 38.9 Å². The molecule has 0 spiro atoms. The fourth-order valence-electron chi connectivity index (χ4n) is 1.43. The summed E-state index contributed by atoms with van der Waals surface area (Å²) in [6, 6.07) is 0. The summed E-state index contributed by atoms with van der Waals surface area (Å²) in [5.74, 6) is -11.1.